The van der Waals surface area contributed by atoms with Gasteiger partial charge in [-0.05, 0) is 97.0 Å². The lowest BCUT2D eigenvalue weighted by Crippen LogP contribution is -2.30. The summed E-state index contributed by atoms with van der Waals surface area (Å²) in [6, 6.07) is 11.1. The van der Waals surface area contributed by atoms with Gasteiger partial charge in [0.2, 0.25) is 0 Å². The molecule has 0 spiro atoms. The first-order valence-electron chi connectivity index (χ1n) is 12.2. The van der Waals surface area contributed by atoms with Crippen LogP contribution in [0.2, 0.25) is 0 Å². The third kappa shape index (κ3) is 5.28. The van der Waals surface area contributed by atoms with Gasteiger partial charge in [0, 0.05) is 13.1 Å². The van der Waals surface area contributed by atoms with E-state index in [9.17, 15) is 4.79 Å². The van der Waals surface area contributed by atoms with Gasteiger partial charge in [-0.1, -0.05) is 32.9 Å². The predicted molar refractivity (Wildman–Crippen MR) is 130 cm³/mol. The Bertz CT molecular complexity index is 953. The number of aryl methyl sites for hydroxylation is 1. The molecule has 1 atom stereocenters. The average Bonchev–Trinajstić information content (AvgIpc) is 3.22. The van der Waals surface area contributed by atoms with E-state index >= 15 is 0 Å². The van der Waals surface area contributed by atoms with Crippen molar-refractivity contribution in [2.75, 3.05) is 20.2 Å². The molecule has 0 radical (unpaired) electrons. The Morgan fingerprint density at radius 2 is 1.81 bits per heavy atom. The number of esters is 1. The third-order valence-corrected chi connectivity index (χ3v) is 7.61. The topological polar surface area (TPSA) is 38.8 Å². The lowest BCUT2D eigenvalue weighted by Gasteiger charge is -2.37. The minimum atomic E-state index is -0.0821. The second-order valence-electron chi connectivity index (χ2n) is 11.0. The van der Waals surface area contributed by atoms with E-state index in [0.717, 1.165) is 50.6 Å². The normalized spacial score (nSPS) is 24.6. The second-order valence-corrected chi connectivity index (χ2v) is 11.0. The zero-order chi connectivity index (χ0) is 22.9. The van der Waals surface area contributed by atoms with Gasteiger partial charge in [0.25, 0.3) is 0 Å². The molecule has 2 aliphatic rings. The molecule has 2 aromatic rings. The fourth-order valence-corrected chi connectivity index (χ4v) is 5.56. The summed E-state index contributed by atoms with van der Waals surface area (Å²) in [6.07, 6.45) is 6.05. The van der Waals surface area contributed by atoms with Crippen LogP contribution in [0.4, 0.5) is 0 Å². The summed E-state index contributed by atoms with van der Waals surface area (Å²) in [5, 5.41) is 2.52. The molecule has 0 amide bonds. The summed E-state index contributed by atoms with van der Waals surface area (Å²) < 4.78 is 11.4. The quantitative estimate of drug-likeness (QED) is 0.528. The van der Waals surface area contributed by atoms with Gasteiger partial charge in [0.05, 0.1) is 19.1 Å². The van der Waals surface area contributed by atoms with Crippen molar-refractivity contribution < 1.29 is 14.3 Å². The van der Waals surface area contributed by atoms with Crippen molar-refractivity contribution in [3.05, 3.63) is 41.5 Å². The molecular weight excluding hydrogens is 398 g/mol. The predicted octanol–water partition coefficient (Wildman–Crippen LogP) is 6.13. The first-order valence-corrected chi connectivity index (χ1v) is 12.2. The molecule has 1 aliphatic heterocycles. The number of carbonyl (C=O) groups is 1. The van der Waals surface area contributed by atoms with E-state index in [1.165, 1.54) is 41.9 Å². The summed E-state index contributed by atoms with van der Waals surface area (Å²) in [5.41, 5.74) is 2.95. The van der Waals surface area contributed by atoms with Crippen molar-refractivity contribution in [2.45, 2.75) is 72.4 Å². The van der Waals surface area contributed by atoms with E-state index in [1.54, 1.807) is 0 Å². The number of carbonyl (C=O) groups excluding carboxylic acids is 1. The lowest BCUT2D eigenvalue weighted by atomic mass is 9.72. The molecule has 1 aliphatic carbocycles. The van der Waals surface area contributed by atoms with Crippen LogP contribution in [0.25, 0.3) is 10.8 Å². The Morgan fingerprint density at radius 3 is 2.50 bits per heavy atom. The van der Waals surface area contributed by atoms with Gasteiger partial charge in [0.1, 0.15) is 5.75 Å². The Balaban J connectivity index is 1.40. The molecule has 2 fully saturated rings. The molecule has 4 heteroatoms. The number of hydrogen-bond donors (Lipinski definition) is 0. The number of methoxy groups -OCH3 is 1. The first-order chi connectivity index (χ1) is 15.2. The van der Waals surface area contributed by atoms with Crippen LogP contribution in [0.15, 0.2) is 30.3 Å². The molecular formula is C28H39NO3. The molecule has 1 saturated carbocycles. The number of hydrogen-bond acceptors (Lipinski definition) is 4. The maximum absolute atomic E-state index is 11.8. The van der Waals surface area contributed by atoms with Gasteiger partial charge in [-0.15, -0.1) is 0 Å². The highest BCUT2D eigenvalue weighted by atomic mass is 16.5. The van der Waals surface area contributed by atoms with Crippen LogP contribution < -0.4 is 4.74 Å². The van der Waals surface area contributed by atoms with E-state index in [2.05, 4.69) is 62.9 Å². The smallest absolute Gasteiger partial charge is 0.310 e. The highest BCUT2D eigenvalue weighted by molar-refractivity contribution is 5.87. The zero-order valence-electron chi connectivity index (χ0n) is 20.4. The molecule has 0 aromatic heterocycles. The van der Waals surface area contributed by atoms with Crippen molar-refractivity contribution >= 4 is 16.7 Å². The van der Waals surface area contributed by atoms with Crippen molar-refractivity contribution in [3.63, 3.8) is 0 Å². The zero-order valence-corrected chi connectivity index (χ0v) is 20.4. The molecule has 174 valence electrons. The number of likely N-dealkylation sites (tertiary alicyclic amines) is 1. The van der Waals surface area contributed by atoms with Crippen LogP contribution in [0.5, 0.6) is 5.75 Å². The number of benzene rings is 2. The summed E-state index contributed by atoms with van der Waals surface area (Å²) in [6.45, 7) is 11.9. The van der Waals surface area contributed by atoms with Crippen LogP contribution in [0, 0.1) is 24.2 Å². The van der Waals surface area contributed by atoms with Crippen LogP contribution in [-0.4, -0.2) is 37.2 Å². The average molecular weight is 438 g/mol. The first kappa shape index (κ1) is 23.1. The highest BCUT2D eigenvalue weighted by Crippen LogP contribution is 2.39. The minimum Gasteiger partial charge on any atom is -0.490 e. The Morgan fingerprint density at radius 1 is 1.06 bits per heavy atom. The summed E-state index contributed by atoms with van der Waals surface area (Å²) >= 11 is 0. The van der Waals surface area contributed by atoms with Gasteiger partial charge in [-0.3, -0.25) is 9.69 Å². The van der Waals surface area contributed by atoms with Crippen molar-refractivity contribution in [3.8, 4) is 5.75 Å². The molecule has 0 bridgehead atoms. The Labute approximate surface area is 193 Å². The van der Waals surface area contributed by atoms with Crippen molar-refractivity contribution in [1.29, 1.82) is 0 Å². The molecule has 0 N–H and O–H groups in total. The SMILES string of the molecule is COC(=O)C1CCN(Cc2ccc3cc(OC4CCC(C(C)(C)C)CC4)cc(C)c3c2)C1. The highest BCUT2D eigenvalue weighted by Gasteiger charge is 2.31. The van der Waals surface area contributed by atoms with Crippen LogP contribution >= 0.6 is 0 Å². The summed E-state index contributed by atoms with van der Waals surface area (Å²) in [4.78, 5) is 14.2. The van der Waals surface area contributed by atoms with Crippen LogP contribution in [-0.2, 0) is 16.1 Å². The fourth-order valence-electron chi connectivity index (χ4n) is 5.56. The van der Waals surface area contributed by atoms with E-state index in [-0.39, 0.29) is 11.9 Å². The largest absolute Gasteiger partial charge is 0.490 e. The van der Waals surface area contributed by atoms with Crippen LogP contribution in [0.3, 0.4) is 0 Å². The fraction of sp³-hybridized carbons (Fsp3) is 0.607. The number of fused-ring (bicyclic) bond motifs is 1. The molecule has 32 heavy (non-hydrogen) atoms. The van der Waals surface area contributed by atoms with Crippen LogP contribution in [0.1, 0.15) is 64.0 Å². The van der Waals surface area contributed by atoms with Gasteiger partial charge >= 0.3 is 5.97 Å². The molecule has 1 heterocycles. The lowest BCUT2D eigenvalue weighted by molar-refractivity contribution is -0.144. The Hall–Kier alpha value is -2.07. The van der Waals surface area contributed by atoms with E-state index < -0.39 is 0 Å². The molecule has 2 aromatic carbocycles. The van der Waals surface area contributed by atoms with Gasteiger partial charge in [-0.25, -0.2) is 0 Å². The Kier molecular flexibility index (Phi) is 6.80. The van der Waals surface area contributed by atoms with Crippen molar-refractivity contribution in [2.24, 2.45) is 17.3 Å². The van der Waals surface area contributed by atoms with Gasteiger partial charge in [-0.2, -0.15) is 0 Å². The summed E-state index contributed by atoms with van der Waals surface area (Å²) in [5.74, 6) is 1.74. The molecule has 4 nitrogen and oxygen atoms in total. The van der Waals surface area contributed by atoms with Crippen molar-refractivity contribution in [1.82, 2.24) is 4.90 Å². The molecule has 4 rings (SSSR count). The minimum absolute atomic E-state index is 0.0142. The maximum atomic E-state index is 11.8. The van der Waals surface area contributed by atoms with E-state index in [0.29, 0.717) is 11.5 Å². The van der Waals surface area contributed by atoms with E-state index in [4.69, 9.17) is 9.47 Å². The number of ether oxygens (including phenoxy) is 2. The monoisotopic (exact) mass is 437 g/mol. The van der Waals surface area contributed by atoms with E-state index in [1.807, 2.05) is 0 Å². The number of rotatable bonds is 5. The standard InChI is InChI=1S/C28H39NO3/c1-19-14-25(32-24-10-8-23(9-11-24)28(2,3)4)16-21-7-6-20(15-26(19)21)17-29-13-12-22(18-29)27(30)31-5/h6-7,14-16,22-24H,8-13,17-18H2,1-5H3. The second kappa shape index (κ2) is 9.43. The van der Waals surface area contributed by atoms with Gasteiger partial charge < -0.3 is 9.47 Å². The third-order valence-electron chi connectivity index (χ3n) is 7.61. The summed E-state index contributed by atoms with van der Waals surface area (Å²) in [7, 11) is 1.48. The van der Waals surface area contributed by atoms with Gasteiger partial charge in [0.15, 0.2) is 0 Å². The number of nitrogens with zero attached hydrogens (tertiary/aromatic N) is 1. The maximum Gasteiger partial charge on any atom is 0.310 e. The molecule has 1 saturated heterocycles. The molecule has 1 unspecified atom stereocenters.